The quantitative estimate of drug-likeness (QED) is 0.787. The van der Waals surface area contributed by atoms with Crippen LogP contribution in [0.3, 0.4) is 0 Å². The zero-order chi connectivity index (χ0) is 21.3. The Kier molecular flexibility index (Phi) is 6.09. The van der Waals surface area contributed by atoms with E-state index in [0.29, 0.717) is 37.7 Å². The van der Waals surface area contributed by atoms with Crippen LogP contribution in [0, 0.1) is 6.92 Å². The molecule has 1 aliphatic heterocycles. The molecule has 1 saturated carbocycles. The number of para-hydroxylation sites is 1. The number of hydrogen-bond acceptors (Lipinski definition) is 5. The van der Waals surface area contributed by atoms with Gasteiger partial charge < -0.3 is 5.32 Å². The Morgan fingerprint density at radius 3 is 2.57 bits per heavy atom. The van der Waals surface area contributed by atoms with Gasteiger partial charge in [0.15, 0.2) is 0 Å². The fourth-order valence-electron chi connectivity index (χ4n) is 4.48. The third kappa shape index (κ3) is 4.22. The number of amides is 1. The van der Waals surface area contributed by atoms with Gasteiger partial charge in [0.1, 0.15) is 4.90 Å². The second-order valence-electron chi connectivity index (χ2n) is 8.45. The van der Waals surface area contributed by atoms with Crippen molar-refractivity contribution in [3.05, 3.63) is 36.0 Å². The Labute approximate surface area is 178 Å². The van der Waals surface area contributed by atoms with Gasteiger partial charge in [0.2, 0.25) is 15.9 Å². The average molecular weight is 431 g/mol. The maximum absolute atomic E-state index is 13.3. The Morgan fingerprint density at radius 2 is 1.87 bits per heavy atom. The lowest BCUT2D eigenvalue weighted by atomic mass is 10.2. The predicted octanol–water partition coefficient (Wildman–Crippen LogP) is 2.30. The minimum Gasteiger partial charge on any atom is -0.352 e. The van der Waals surface area contributed by atoms with Crippen molar-refractivity contribution in [2.45, 2.75) is 56.5 Å². The molecular formula is C22H30N4O3S. The summed E-state index contributed by atoms with van der Waals surface area (Å²) in [6, 6.07) is 7.27. The number of piperazine rings is 1. The van der Waals surface area contributed by atoms with E-state index in [9.17, 15) is 13.2 Å². The lowest BCUT2D eigenvalue weighted by Crippen LogP contribution is -2.55. The highest BCUT2D eigenvalue weighted by Crippen LogP contribution is 2.26. The smallest absolute Gasteiger partial charge is 0.245 e. The van der Waals surface area contributed by atoms with Gasteiger partial charge in [0.05, 0.1) is 11.6 Å². The first-order chi connectivity index (χ1) is 14.4. The summed E-state index contributed by atoms with van der Waals surface area (Å²) in [5, 5.41) is 3.97. The fraction of sp³-hybridized carbons (Fsp3) is 0.545. The van der Waals surface area contributed by atoms with E-state index in [0.717, 1.165) is 23.8 Å². The summed E-state index contributed by atoms with van der Waals surface area (Å²) in [6.45, 7) is 5.66. The summed E-state index contributed by atoms with van der Waals surface area (Å²) in [7, 11) is -3.65. The molecule has 1 aromatic heterocycles. The van der Waals surface area contributed by atoms with E-state index in [2.05, 4.69) is 15.2 Å². The lowest BCUT2D eigenvalue weighted by molar-refractivity contribution is -0.127. The van der Waals surface area contributed by atoms with Crippen LogP contribution in [0.4, 0.5) is 0 Å². The fourth-order valence-corrected chi connectivity index (χ4v) is 6.07. The summed E-state index contributed by atoms with van der Waals surface area (Å²) in [5.41, 5.74) is 1.50. The molecule has 8 heteroatoms. The number of hydrogen-bond donors (Lipinski definition) is 1. The summed E-state index contributed by atoms with van der Waals surface area (Å²) in [4.78, 5) is 19.3. The molecule has 4 rings (SSSR count). The number of aryl methyl sites for hydroxylation is 1. The lowest BCUT2D eigenvalue weighted by Gasteiger charge is -2.37. The van der Waals surface area contributed by atoms with Crippen molar-refractivity contribution >= 4 is 26.8 Å². The molecule has 7 nitrogen and oxygen atoms in total. The Bertz CT molecular complexity index is 1030. The van der Waals surface area contributed by atoms with E-state index in [-0.39, 0.29) is 16.8 Å². The number of aromatic nitrogens is 1. The first-order valence-electron chi connectivity index (χ1n) is 10.8. The molecule has 0 radical (unpaired) electrons. The SMILES string of the molecule is Cc1cnc2c(S(=O)(=O)N3CCN(C(C)C(=O)NC4CCCC4)CC3)cccc2c1. The van der Waals surface area contributed by atoms with Gasteiger partial charge in [0, 0.05) is 43.8 Å². The second kappa shape index (κ2) is 8.61. The molecule has 1 unspecified atom stereocenters. The standard InChI is InChI=1S/C22H30N4O3S/c1-16-14-18-6-5-9-20(21(18)23-15-16)30(28,29)26-12-10-25(11-13-26)17(2)22(27)24-19-7-3-4-8-19/h5-6,9,14-15,17,19H,3-4,7-8,10-13H2,1-2H3,(H,24,27). The van der Waals surface area contributed by atoms with Crippen LogP contribution in [-0.2, 0) is 14.8 Å². The van der Waals surface area contributed by atoms with Crippen molar-refractivity contribution in [3.63, 3.8) is 0 Å². The van der Waals surface area contributed by atoms with Crippen LogP contribution < -0.4 is 5.32 Å². The molecule has 30 heavy (non-hydrogen) atoms. The third-order valence-electron chi connectivity index (χ3n) is 6.33. The number of pyridine rings is 1. The number of fused-ring (bicyclic) bond motifs is 1. The number of nitrogens with zero attached hydrogens (tertiary/aromatic N) is 3. The highest BCUT2D eigenvalue weighted by molar-refractivity contribution is 7.89. The van der Waals surface area contributed by atoms with Gasteiger partial charge in [-0.2, -0.15) is 4.31 Å². The number of sulfonamides is 1. The van der Waals surface area contributed by atoms with Gasteiger partial charge >= 0.3 is 0 Å². The Balaban J connectivity index is 1.44. The molecule has 1 saturated heterocycles. The molecule has 2 heterocycles. The number of rotatable bonds is 5. The van der Waals surface area contributed by atoms with E-state index < -0.39 is 10.0 Å². The van der Waals surface area contributed by atoms with Gasteiger partial charge in [-0.15, -0.1) is 0 Å². The minimum atomic E-state index is -3.65. The number of nitrogens with one attached hydrogen (secondary N) is 1. The highest BCUT2D eigenvalue weighted by Gasteiger charge is 2.33. The van der Waals surface area contributed by atoms with Crippen LogP contribution in [0.15, 0.2) is 35.4 Å². The first kappa shape index (κ1) is 21.2. The third-order valence-corrected chi connectivity index (χ3v) is 8.26. The molecule has 1 N–H and O–H groups in total. The van der Waals surface area contributed by atoms with Crippen molar-refractivity contribution in [2.24, 2.45) is 0 Å². The van der Waals surface area contributed by atoms with E-state index in [1.54, 1.807) is 18.3 Å². The van der Waals surface area contributed by atoms with Gasteiger partial charge in [-0.05, 0) is 44.4 Å². The van der Waals surface area contributed by atoms with Crippen molar-refractivity contribution in [1.82, 2.24) is 19.5 Å². The second-order valence-corrected chi connectivity index (χ2v) is 10.4. The van der Waals surface area contributed by atoms with Crippen molar-refractivity contribution in [2.75, 3.05) is 26.2 Å². The maximum atomic E-state index is 13.3. The zero-order valence-corrected chi connectivity index (χ0v) is 18.5. The highest BCUT2D eigenvalue weighted by atomic mass is 32.2. The van der Waals surface area contributed by atoms with Gasteiger partial charge in [-0.1, -0.05) is 25.0 Å². The van der Waals surface area contributed by atoms with Crippen LogP contribution in [0.25, 0.3) is 10.9 Å². The van der Waals surface area contributed by atoms with Gasteiger partial charge in [0.25, 0.3) is 0 Å². The van der Waals surface area contributed by atoms with Crippen molar-refractivity contribution in [3.8, 4) is 0 Å². The number of carbonyl (C=O) groups is 1. The summed E-state index contributed by atoms with van der Waals surface area (Å²) in [6.07, 6.45) is 6.17. The largest absolute Gasteiger partial charge is 0.352 e. The molecule has 2 aromatic rings. The van der Waals surface area contributed by atoms with Gasteiger partial charge in [-0.3, -0.25) is 14.7 Å². The molecule has 0 bridgehead atoms. The molecule has 1 aromatic carbocycles. The van der Waals surface area contributed by atoms with Crippen LogP contribution >= 0.6 is 0 Å². The summed E-state index contributed by atoms with van der Waals surface area (Å²) < 4.78 is 28.1. The monoisotopic (exact) mass is 430 g/mol. The number of benzene rings is 1. The van der Waals surface area contributed by atoms with Crippen LogP contribution in [0.5, 0.6) is 0 Å². The molecular weight excluding hydrogens is 400 g/mol. The molecule has 2 fully saturated rings. The van der Waals surface area contributed by atoms with E-state index in [1.165, 1.54) is 17.1 Å². The Hall–Kier alpha value is -2.03. The molecule has 162 valence electrons. The molecule has 1 amide bonds. The van der Waals surface area contributed by atoms with E-state index in [4.69, 9.17) is 0 Å². The normalized spacial score (nSPS) is 20.5. The minimum absolute atomic E-state index is 0.0480. The first-order valence-corrected chi connectivity index (χ1v) is 12.2. The number of carbonyl (C=O) groups excluding carboxylic acids is 1. The average Bonchev–Trinajstić information content (AvgIpc) is 3.25. The van der Waals surface area contributed by atoms with Crippen LogP contribution in [0.2, 0.25) is 0 Å². The van der Waals surface area contributed by atoms with Crippen molar-refractivity contribution in [1.29, 1.82) is 0 Å². The maximum Gasteiger partial charge on any atom is 0.245 e. The predicted molar refractivity (Wildman–Crippen MR) is 117 cm³/mol. The summed E-state index contributed by atoms with van der Waals surface area (Å²) in [5.74, 6) is 0.0480. The molecule has 2 aliphatic rings. The molecule has 1 atom stereocenters. The zero-order valence-electron chi connectivity index (χ0n) is 17.7. The van der Waals surface area contributed by atoms with Gasteiger partial charge in [-0.25, -0.2) is 8.42 Å². The van der Waals surface area contributed by atoms with E-state index >= 15 is 0 Å². The van der Waals surface area contributed by atoms with Crippen molar-refractivity contribution < 1.29 is 13.2 Å². The molecule has 0 spiro atoms. The Morgan fingerprint density at radius 1 is 1.17 bits per heavy atom. The van der Waals surface area contributed by atoms with Crippen LogP contribution in [-0.4, -0.2) is 66.8 Å². The molecule has 1 aliphatic carbocycles. The summed E-state index contributed by atoms with van der Waals surface area (Å²) >= 11 is 0. The van der Waals surface area contributed by atoms with Crippen LogP contribution in [0.1, 0.15) is 38.2 Å². The van der Waals surface area contributed by atoms with E-state index in [1.807, 2.05) is 26.0 Å². The topological polar surface area (TPSA) is 82.6 Å².